The predicted octanol–water partition coefficient (Wildman–Crippen LogP) is 4.60. The Kier molecular flexibility index (Phi) is 5.16. The third kappa shape index (κ3) is 3.42. The summed E-state index contributed by atoms with van der Waals surface area (Å²) >= 11 is 0. The average Bonchev–Trinajstić information content (AvgIpc) is 3.29. The van der Waals surface area contributed by atoms with Crippen LogP contribution < -0.4 is 9.80 Å². The van der Waals surface area contributed by atoms with Gasteiger partial charge in [-0.25, -0.2) is 0 Å². The van der Waals surface area contributed by atoms with Crippen molar-refractivity contribution in [3.8, 4) is 0 Å². The predicted molar refractivity (Wildman–Crippen MR) is 111 cm³/mol. The number of aromatic nitrogens is 1. The number of nitrogens with zero attached hydrogens (tertiary/aromatic N) is 3. The number of carbonyl (C=O) groups excluding carboxylic acids is 2. The van der Waals surface area contributed by atoms with Crippen LogP contribution in [0.4, 0.5) is 11.4 Å². The summed E-state index contributed by atoms with van der Waals surface area (Å²) < 4.78 is 5.11. The standard InChI is InChI=1S/C23H23N3O3/c1-3-22(27)26(17-9-5-4-6-10-17)20-15-16(2)25(19-12-8-7-11-18(19)20)23(28)21-13-14-24-29-21/h4-14,16,20H,3,15H2,1-2H3/t16-,20+/m0/s1. The van der Waals surface area contributed by atoms with Crippen molar-refractivity contribution in [2.45, 2.75) is 38.8 Å². The maximum absolute atomic E-state index is 13.1. The molecule has 1 aliphatic rings. The highest BCUT2D eigenvalue weighted by Gasteiger charge is 2.39. The van der Waals surface area contributed by atoms with Gasteiger partial charge in [-0.15, -0.1) is 0 Å². The highest BCUT2D eigenvalue weighted by molar-refractivity contribution is 6.05. The van der Waals surface area contributed by atoms with Gasteiger partial charge in [-0.05, 0) is 37.1 Å². The molecule has 6 nitrogen and oxygen atoms in total. The quantitative estimate of drug-likeness (QED) is 0.654. The van der Waals surface area contributed by atoms with Gasteiger partial charge in [-0.1, -0.05) is 48.5 Å². The zero-order valence-corrected chi connectivity index (χ0v) is 16.5. The molecule has 3 aromatic rings. The number of hydrogen-bond acceptors (Lipinski definition) is 4. The van der Waals surface area contributed by atoms with Crippen LogP contribution in [-0.2, 0) is 4.79 Å². The lowest BCUT2D eigenvalue weighted by atomic mass is 9.89. The number of carbonyl (C=O) groups is 2. The Bertz CT molecular complexity index is 1000. The van der Waals surface area contributed by atoms with Crippen molar-refractivity contribution < 1.29 is 14.1 Å². The van der Waals surface area contributed by atoms with Gasteiger partial charge < -0.3 is 14.3 Å². The molecule has 0 spiro atoms. The van der Waals surface area contributed by atoms with Crippen molar-refractivity contribution in [2.75, 3.05) is 9.80 Å². The van der Waals surface area contributed by atoms with Crippen molar-refractivity contribution in [3.63, 3.8) is 0 Å². The van der Waals surface area contributed by atoms with Gasteiger partial charge >= 0.3 is 0 Å². The summed E-state index contributed by atoms with van der Waals surface area (Å²) in [4.78, 5) is 29.6. The van der Waals surface area contributed by atoms with Crippen LogP contribution in [0.15, 0.2) is 71.4 Å². The molecule has 0 N–H and O–H groups in total. The summed E-state index contributed by atoms with van der Waals surface area (Å²) in [5.41, 5.74) is 2.60. The number of anilines is 2. The van der Waals surface area contributed by atoms with Gasteiger partial charge in [0.2, 0.25) is 11.7 Å². The van der Waals surface area contributed by atoms with Gasteiger partial charge in [0.1, 0.15) is 0 Å². The molecule has 4 rings (SSSR count). The van der Waals surface area contributed by atoms with E-state index >= 15 is 0 Å². The van der Waals surface area contributed by atoms with Crippen LogP contribution in [0, 0.1) is 0 Å². The normalized spacial score (nSPS) is 18.2. The molecule has 0 unspecified atom stereocenters. The van der Waals surface area contributed by atoms with Crippen LogP contribution in [0.5, 0.6) is 0 Å². The largest absolute Gasteiger partial charge is 0.351 e. The Hall–Kier alpha value is -3.41. The summed E-state index contributed by atoms with van der Waals surface area (Å²) in [6.45, 7) is 3.87. The van der Waals surface area contributed by atoms with E-state index in [1.54, 1.807) is 11.0 Å². The SMILES string of the molecule is CCC(=O)N(c1ccccc1)[C@@H]1C[C@H](C)N(C(=O)c2ccno2)c2ccccc21. The number of rotatable bonds is 4. The minimum atomic E-state index is -0.228. The second-order valence-electron chi connectivity index (χ2n) is 7.16. The first kappa shape index (κ1) is 18.9. The molecule has 0 fully saturated rings. The average molecular weight is 389 g/mol. The van der Waals surface area contributed by atoms with E-state index in [1.165, 1.54) is 6.20 Å². The molecule has 2 aromatic carbocycles. The lowest BCUT2D eigenvalue weighted by Gasteiger charge is -2.43. The highest BCUT2D eigenvalue weighted by atomic mass is 16.5. The fourth-order valence-electron chi connectivity index (χ4n) is 4.04. The number of fused-ring (bicyclic) bond motifs is 1. The second-order valence-corrected chi connectivity index (χ2v) is 7.16. The number of benzene rings is 2. The second kappa shape index (κ2) is 7.91. The molecule has 2 amide bonds. The summed E-state index contributed by atoms with van der Waals surface area (Å²) in [5, 5.41) is 3.66. The van der Waals surface area contributed by atoms with Crippen molar-refractivity contribution in [1.82, 2.24) is 5.16 Å². The molecule has 0 saturated heterocycles. The molecular formula is C23H23N3O3. The molecule has 0 saturated carbocycles. The Labute approximate surface area is 169 Å². The topological polar surface area (TPSA) is 66.7 Å². The van der Waals surface area contributed by atoms with E-state index in [1.807, 2.05) is 73.3 Å². The van der Waals surface area contributed by atoms with E-state index in [-0.39, 0.29) is 29.7 Å². The summed E-state index contributed by atoms with van der Waals surface area (Å²) in [5.74, 6) is 0.0295. The van der Waals surface area contributed by atoms with Crippen LogP contribution in [0.25, 0.3) is 0 Å². The Balaban J connectivity index is 1.80. The molecule has 0 radical (unpaired) electrons. The van der Waals surface area contributed by atoms with Crippen LogP contribution in [0.1, 0.15) is 48.8 Å². The van der Waals surface area contributed by atoms with Gasteiger partial charge in [0, 0.05) is 29.9 Å². The minimum absolute atomic E-state index is 0.0539. The number of para-hydroxylation sites is 2. The Morgan fingerprint density at radius 1 is 1.10 bits per heavy atom. The van der Waals surface area contributed by atoms with Crippen LogP contribution in [0.2, 0.25) is 0 Å². The monoisotopic (exact) mass is 389 g/mol. The lowest BCUT2D eigenvalue weighted by Crippen LogP contribution is -2.47. The highest BCUT2D eigenvalue weighted by Crippen LogP contribution is 2.42. The summed E-state index contributed by atoms with van der Waals surface area (Å²) in [6, 6.07) is 18.8. The third-order valence-corrected chi connectivity index (χ3v) is 5.35. The fourth-order valence-corrected chi connectivity index (χ4v) is 4.04. The van der Waals surface area contributed by atoms with E-state index in [9.17, 15) is 9.59 Å². The molecule has 2 atom stereocenters. The molecule has 0 bridgehead atoms. The molecule has 6 heteroatoms. The maximum atomic E-state index is 13.1. The number of hydrogen-bond donors (Lipinski definition) is 0. The fraction of sp³-hybridized carbons (Fsp3) is 0.261. The molecule has 1 aromatic heterocycles. The van der Waals surface area contributed by atoms with Gasteiger partial charge in [0.15, 0.2) is 0 Å². The third-order valence-electron chi connectivity index (χ3n) is 5.35. The molecule has 29 heavy (non-hydrogen) atoms. The van der Waals surface area contributed by atoms with Crippen LogP contribution >= 0.6 is 0 Å². The lowest BCUT2D eigenvalue weighted by molar-refractivity contribution is -0.118. The van der Waals surface area contributed by atoms with Crippen LogP contribution in [0.3, 0.4) is 0 Å². The molecule has 148 valence electrons. The van der Waals surface area contributed by atoms with Crippen molar-refractivity contribution in [2.24, 2.45) is 0 Å². The maximum Gasteiger partial charge on any atom is 0.297 e. The summed E-state index contributed by atoms with van der Waals surface area (Å²) in [6.07, 6.45) is 2.49. The zero-order chi connectivity index (χ0) is 20.4. The molecule has 2 heterocycles. The van der Waals surface area contributed by atoms with Crippen molar-refractivity contribution >= 4 is 23.2 Å². The number of amides is 2. The molecule has 0 aliphatic carbocycles. The van der Waals surface area contributed by atoms with Gasteiger partial charge in [-0.2, -0.15) is 0 Å². The van der Waals surface area contributed by atoms with Gasteiger partial charge in [0.05, 0.1) is 12.2 Å². The van der Waals surface area contributed by atoms with Crippen molar-refractivity contribution in [3.05, 3.63) is 78.2 Å². The van der Waals surface area contributed by atoms with Crippen LogP contribution in [-0.4, -0.2) is 23.0 Å². The molecular weight excluding hydrogens is 366 g/mol. The Morgan fingerprint density at radius 2 is 1.83 bits per heavy atom. The minimum Gasteiger partial charge on any atom is -0.351 e. The first-order valence-corrected chi connectivity index (χ1v) is 9.82. The van der Waals surface area contributed by atoms with E-state index in [0.717, 1.165) is 16.9 Å². The molecule has 1 aliphatic heterocycles. The van der Waals surface area contributed by atoms with Gasteiger partial charge in [-0.3, -0.25) is 9.59 Å². The first-order valence-electron chi connectivity index (χ1n) is 9.82. The first-order chi connectivity index (χ1) is 14.1. The Morgan fingerprint density at radius 3 is 2.52 bits per heavy atom. The van der Waals surface area contributed by atoms with Gasteiger partial charge in [0.25, 0.3) is 5.91 Å². The van der Waals surface area contributed by atoms with E-state index in [4.69, 9.17) is 4.52 Å². The zero-order valence-electron chi connectivity index (χ0n) is 16.5. The van der Waals surface area contributed by atoms with E-state index < -0.39 is 0 Å². The van der Waals surface area contributed by atoms with E-state index in [2.05, 4.69) is 5.16 Å². The smallest absolute Gasteiger partial charge is 0.297 e. The van der Waals surface area contributed by atoms with Crippen molar-refractivity contribution in [1.29, 1.82) is 0 Å². The van der Waals surface area contributed by atoms with E-state index in [0.29, 0.717) is 12.8 Å². The summed E-state index contributed by atoms with van der Waals surface area (Å²) in [7, 11) is 0.